The van der Waals surface area contributed by atoms with Crippen LogP contribution in [0.5, 0.6) is 5.75 Å². The van der Waals surface area contributed by atoms with E-state index in [9.17, 15) is 0 Å². The van der Waals surface area contributed by atoms with E-state index in [2.05, 4.69) is 26.1 Å². The number of halogens is 1. The fourth-order valence-corrected chi connectivity index (χ4v) is 2.07. The van der Waals surface area contributed by atoms with Crippen LogP contribution in [0.1, 0.15) is 11.5 Å². The molecule has 0 aliphatic heterocycles. The summed E-state index contributed by atoms with van der Waals surface area (Å²) in [6.07, 6.45) is 0. The van der Waals surface area contributed by atoms with Crippen molar-refractivity contribution in [2.45, 2.75) is 13.5 Å². The van der Waals surface area contributed by atoms with Gasteiger partial charge in [0.05, 0.1) is 0 Å². The monoisotopic (exact) mass is 344 g/mol. The van der Waals surface area contributed by atoms with Crippen molar-refractivity contribution in [2.75, 3.05) is 0 Å². The van der Waals surface area contributed by atoms with Gasteiger partial charge in [-0.3, -0.25) is 0 Å². The normalized spacial score (nSPS) is 10.6. The van der Waals surface area contributed by atoms with Gasteiger partial charge in [-0.05, 0) is 43.3 Å². The lowest BCUT2D eigenvalue weighted by Gasteiger charge is -2.02. The van der Waals surface area contributed by atoms with Gasteiger partial charge in [-0.15, -0.1) is 0 Å². The minimum Gasteiger partial charge on any atom is -0.484 e. The average Bonchev–Trinajstić information content (AvgIpc) is 2.96. The van der Waals surface area contributed by atoms with E-state index in [0.29, 0.717) is 11.7 Å². The molecule has 0 saturated heterocycles. The summed E-state index contributed by atoms with van der Waals surface area (Å²) in [6, 6.07) is 15.6. The van der Waals surface area contributed by atoms with E-state index in [1.54, 1.807) is 0 Å². The van der Waals surface area contributed by atoms with Crippen LogP contribution in [0, 0.1) is 6.92 Å². The summed E-state index contributed by atoms with van der Waals surface area (Å²) >= 11 is 3.39. The Hall–Kier alpha value is -2.14. The van der Waals surface area contributed by atoms with Crippen LogP contribution in [-0.2, 0) is 6.61 Å². The topological polar surface area (TPSA) is 48.2 Å². The molecule has 0 aliphatic carbocycles. The maximum Gasteiger partial charge on any atom is 0.264 e. The van der Waals surface area contributed by atoms with E-state index in [0.717, 1.165) is 15.8 Å². The third-order valence-corrected chi connectivity index (χ3v) is 3.48. The van der Waals surface area contributed by atoms with Gasteiger partial charge < -0.3 is 9.26 Å². The molecule has 0 amide bonds. The van der Waals surface area contributed by atoms with Crippen LogP contribution in [0.4, 0.5) is 0 Å². The molecule has 3 rings (SSSR count). The molecule has 1 heterocycles. The summed E-state index contributed by atoms with van der Waals surface area (Å²) in [5.41, 5.74) is 2.10. The Morgan fingerprint density at radius 2 is 1.76 bits per heavy atom. The molecule has 1 aromatic heterocycles. The molecule has 0 N–H and O–H groups in total. The van der Waals surface area contributed by atoms with Gasteiger partial charge in [-0.1, -0.05) is 38.8 Å². The van der Waals surface area contributed by atoms with Gasteiger partial charge in [0.15, 0.2) is 6.61 Å². The first-order valence-corrected chi connectivity index (χ1v) is 7.28. The Morgan fingerprint density at radius 1 is 1.05 bits per heavy atom. The molecule has 2 aromatic carbocycles. The minimum absolute atomic E-state index is 0.257. The average molecular weight is 345 g/mol. The maximum atomic E-state index is 5.61. The summed E-state index contributed by atoms with van der Waals surface area (Å²) in [4.78, 5) is 4.32. The second kappa shape index (κ2) is 6.10. The van der Waals surface area contributed by atoms with E-state index in [1.807, 2.05) is 55.5 Å². The molecular weight excluding hydrogens is 332 g/mol. The van der Waals surface area contributed by atoms with E-state index in [4.69, 9.17) is 9.26 Å². The molecule has 0 saturated carbocycles. The summed E-state index contributed by atoms with van der Waals surface area (Å²) in [5.74, 6) is 1.79. The highest BCUT2D eigenvalue weighted by molar-refractivity contribution is 9.10. The zero-order valence-corrected chi connectivity index (χ0v) is 13.0. The lowest BCUT2D eigenvalue weighted by Crippen LogP contribution is -1.95. The standard InChI is InChI=1S/C16H13BrN2O2/c1-11-2-8-14(9-3-11)20-10-15-18-16(19-21-15)12-4-6-13(17)7-5-12/h2-9H,10H2,1H3. The molecule has 0 unspecified atom stereocenters. The maximum absolute atomic E-state index is 5.61. The van der Waals surface area contributed by atoms with Crippen molar-refractivity contribution in [3.05, 3.63) is 64.5 Å². The fourth-order valence-electron chi connectivity index (χ4n) is 1.81. The Kier molecular flexibility index (Phi) is 4.01. The molecule has 0 spiro atoms. The van der Waals surface area contributed by atoms with Crippen LogP contribution in [0.2, 0.25) is 0 Å². The molecule has 4 nitrogen and oxygen atoms in total. The largest absolute Gasteiger partial charge is 0.484 e. The zero-order chi connectivity index (χ0) is 14.7. The lowest BCUT2D eigenvalue weighted by atomic mass is 10.2. The van der Waals surface area contributed by atoms with Crippen molar-refractivity contribution in [2.24, 2.45) is 0 Å². The number of rotatable bonds is 4. The predicted molar refractivity (Wildman–Crippen MR) is 82.9 cm³/mol. The number of aromatic nitrogens is 2. The third-order valence-electron chi connectivity index (χ3n) is 2.95. The molecule has 0 bridgehead atoms. The molecule has 0 atom stereocenters. The van der Waals surface area contributed by atoms with Crippen LogP contribution in [-0.4, -0.2) is 10.1 Å². The molecule has 106 valence electrons. The fraction of sp³-hybridized carbons (Fsp3) is 0.125. The van der Waals surface area contributed by atoms with Crippen LogP contribution in [0.3, 0.4) is 0 Å². The van der Waals surface area contributed by atoms with E-state index >= 15 is 0 Å². The number of nitrogens with zero attached hydrogens (tertiary/aromatic N) is 2. The molecule has 21 heavy (non-hydrogen) atoms. The highest BCUT2D eigenvalue weighted by Gasteiger charge is 2.09. The van der Waals surface area contributed by atoms with Crippen molar-refractivity contribution in [1.82, 2.24) is 10.1 Å². The Balaban J connectivity index is 1.67. The first kappa shape index (κ1) is 13.8. The summed E-state index contributed by atoms with van der Waals surface area (Å²) in [7, 11) is 0. The molecule has 0 aliphatic rings. The molecule has 5 heteroatoms. The van der Waals surface area contributed by atoms with Gasteiger partial charge >= 0.3 is 0 Å². The predicted octanol–water partition coefficient (Wildman–Crippen LogP) is 4.39. The SMILES string of the molecule is Cc1ccc(OCc2nc(-c3ccc(Br)cc3)no2)cc1. The van der Waals surface area contributed by atoms with Gasteiger partial charge in [-0.2, -0.15) is 4.98 Å². The number of aryl methyl sites for hydroxylation is 1. The first-order chi connectivity index (χ1) is 10.2. The lowest BCUT2D eigenvalue weighted by molar-refractivity contribution is 0.243. The van der Waals surface area contributed by atoms with Crippen LogP contribution in [0.15, 0.2) is 57.5 Å². The van der Waals surface area contributed by atoms with Crippen molar-refractivity contribution >= 4 is 15.9 Å². The van der Waals surface area contributed by atoms with Gasteiger partial charge in [0.25, 0.3) is 5.89 Å². The van der Waals surface area contributed by atoms with E-state index in [-0.39, 0.29) is 6.61 Å². The summed E-state index contributed by atoms with van der Waals surface area (Å²) in [6.45, 7) is 2.29. The molecule has 0 fully saturated rings. The summed E-state index contributed by atoms with van der Waals surface area (Å²) in [5, 5.41) is 3.96. The highest BCUT2D eigenvalue weighted by atomic mass is 79.9. The first-order valence-electron chi connectivity index (χ1n) is 6.49. The van der Waals surface area contributed by atoms with E-state index < -0.39 is 0 Å². The second-order valence-electron chi connectivity index (χ2n) is 4.62. The van der Waals surface area contributed by atoms with Gasteiger partial charge in [0.2, 0.25) is 5.82 Å². The molecular formula is C16H13BrN2O2. The van der Waals surface area contributed by atoms with E-state index in [1.165, 1.54) is 5.56 Å². The highest BCUT2D eigenvalue weighted by Crippen LogP contribution is 2.19. The molecule has 3 aromatic rings. The smallest absolute Gasteiger partial charge is 0.264 e. The Bertz CT molecular complexity index is 721. The van der Waals surface area contributed by atoms with Crippen molar-refractivity contribution in [1.29, 1.82) is 0 Å². The number of hydrogen-bond donors (Lipinski definition) is 0. The Labute approximate surface area is 130 Å². The van der Waals surface area contributed by atoms with Gasteiger partial charge in [0.1, 0.15) is 5.75 Å². The van der Waals surface area contributed by atoms with Crippen molar-refractivity contribution in [3.8, 4) is 17.1 Å². The Morgan fingerprint density at radius 3 is 2.48 bits per heavy atom. The van der Waals surface area contributed by atoms with Gasteiger partial charge in [0, 0.05) is 10.0 Å². The quantitative estimate of drug-likeness (QED) is 0.704. The number of ether oxygens (including phenoxy) is 1. The number of hydrogen-bond acceptors (Lipinski definition) is 4. The van der Waals surface area contributed by atoms with Crippen molar-refractivity contribution in [3.63, 3.8) is 0 Å². The van der Waals surface area contributed by atoms with Crippen LogP contribution >= 0.6 is 15.9 Å². The van der Waals surface area contributed by atoms with Crippen molar-refractivity contribution < 1.29 is 9.26 Å². The second-order valence-corrected chi connectivity index (χ2v) is 5.54. The van der Waals surface area contributed by atoms with Crippen LogP contribution < -0.4 is 4.74 Å². The van der Waals surface area contributed by atoms with Gasteiger partial charge in [-0.25, -0.2) is 0 Å². The summed E-state index contributed by atoms with van der Waals surface area (Å²) < 4.78 is 11.8. The van der Waals surface area contributed by atoms with Crippen LogP contribution in [0.25, 0.3) is 11.4 Å². The molecule has 0 radical (unpaired) electrons. The minimum atomic E-state index is 0.257. The number of benzene rings is 2. The zero-order valence-electron chi connectivity index (χ0n) is 11.4. The third kappa shape index (κ3) is 3.49.